The van der Waals surface area contributed by atoms with Crippen LogP contribution in [0, 0.1) is 13.8 Å². The van der Waals surface area contributed by atoms with E-state index in [1.807, 2.05) is 0 Å². The van der Waals surface area contributed by atoms with Crippen LogP contribution in [0.25, 0.3) is 0 Å². The van der Waals surface area contributed by atoms with Crippen molar-refractivity contribution in [2.75, 3.05) is 19.6 Å². The Morgan fingerprint density at radius 3 is 2.87 bits per heavy atom. The topological polar surface area (TPSA) is 24.1 Å². The lowest BCUT2D eigenvalue weighted by atomic mass is 9.96. The second kappa shape index (κ2) is 4.77. The fraction of sp³-hybridized carbons (Fsp3) is 0.538. The van der Waals surface area contributed by atoms with Crippen LogP contribution in [-0.2, 0) is 0 Å². The van der Waals surface area contributed by atoms with Gasteiger partial charge in [0.25, 0.3) is 0 Å². The maximum absolute atomic E-state index is 3.60. The van der Waals surface area contributed by atoms with E-state index < -0.39 is 0 Å². The highest BCUT2D eigenvalue weighted by Gasteiger charge is 2.15. The zero-order chi connectivity index (χ0) is 10.7. The van der Waals surface area contributed by atoms with E-state index in [4.69, 9.17) is 0 Å². The van der Waals surface area contributed by atoms with Gasteiger partial charge in [-0.3, -0.25) is 0 Å². The molecule has 1 atom stereocenters. The van der Waals surface area contributed by atoms with Crippen molar-refractivity contribution >= 4 is 0 Å². The molecule has 2 heteroatoms. The number of aryl methyl sites for hydroxylation is 1. The van der Waals surface area contributed by atoms with Crippen molar-refractivity contribution in [2.45, 2.75) is 26.3 Å². The molecule has 1 aromatic rings. The number of hydrogen-bond acceptors (Lipinski definition) is 2. The normalized spacial score (nSPS) is 22.4. The van der Waals surface area contributed by atoms with Gasteiger partial charge in [-0.25, -0.2) is 0 Å². The van der Waals surface area contributed by atoms with Gasteiger partial charge < -0.3 is 10.6 Å². The Balaban J connectivity index is 2.23. The quantitative estimate of drug-likeness (QED) is 0.730. The van der Waals surface area contributed by atoms with Crippen LogP contribution in [0.15, 0.2) is 18.2 Å². The average Bonchev–Trinajstić information content (AvgIpc) is 2.50. The molecular formula is C13H20N2. The third kappa shape index (κ3) is 2.39. The fourth-order valence-electron chi connectivity index (χ4n) is 2.22. The van der Waals surface area contributed by atoms with Gasteiger partial charge >= 0.3 is 0 Å². The summed E-state index contributed by atoms with van der Waals surface area (Å²) in [6.45, 7) is 7.68. The number of benzene rings is 1. The smallest absolute Gasteiger partial charge is 0.0335 e. The average molecular weight is 204 g/mol. The largest absolute Gasteiger partial charge is 0.315 e. The first-order valence-electron chi connectivity index (χ1n) is 5.79. The van der Waals surface area contributed by atoms with Gasteiger partial charge in [0.15, 0.2) is 0 Å². The lowest BCUT2D eigenvalue weighted by Crippen LogP contribution is -2.24. The third-order valence-electron chi connectivity index (χ3n) is 3.32. The highest BCUT2D eigenvalue weighted by atomic mass is 15.0. The molecule has 0 aromatic heterocycles. The first-order valence-corrected chi connectivity index (χ1v) is 5.79. The van der Waals surface area contributed by atoms with Crippen LogP contribution < -0.4 is 10.6 Å². The van der Waals surface area contributed by atoms with Gasteiger partial charge in [-0.05, 0) is 43.5 Å². The van der Waals surface area contributed by atoms with E-state index in [2.05, 4.69) is 42.7 Å². The second-order valence-electron chi connectivity index (χ2n) is 4.33. The first kappa shape index (κ1) is 10.7. The fourth-order valence-corrected chi connectivity index (χ4v) is 2.22. The van der Waals surface area contributed by atoms with Crippen molar-refractivity contribution in [3.05, 3.63) is 34.9 Å². The summed E-state index contributed by atoms with van der Waals surface area (Å²) in [7, 11) is 0. The van der Waals surface area contributed by atoms with E-state index in [1.54, 1.807) is 0 Å². The molecule has 0 amide bonds. The molecule has 2 rings (SSSR count). The van der Waals surface area contributed by atoms with E-state index >= 15 is 0 Å². The maximum atomic E-state index is 3.60. The molecule has 0 spiro atoms. The van der Waals surface area contributed by atoms with Crippen LogP contribution in [0.1, 0.15) is 29.2 Å². The minimum absolute atomic E-state index is 0.528. The van der Waals surface area contributed by atoms with Crippen LogP contribution in [0.3, 0.4) is 0 Å². The van der Waals surface area contributed by atoms with E-state index in [9.17, 15) is 0 Å². The molecule has 2 N–H and O–H groups in total. The zero-order valence-electron chi connectivity index (χ0n) is 9.64. The summed E-state index contributed by atoms with van der Waals surface area (Å²) in [4.78, 5) is 0. The van der Waals surface area contributed by atoms with Crippen molar-refractivity contribution < 1.29 is 0 Å². The molecule has 1 aliphatic heterocycles. The van der Waals surface area contributed by atoms with E-state index in [1.165, 1.54) is 23.1 Å². The summed E-state index contributed by atoms with van der Waals surface area (Å²) >= 11 is 0. The van der Waals surface area contributed by atoms with Crippen molar-refractivity contribution in [3.8, 4) is 0 Å². The predicted octanol–water partition coefficient (Wildman–Crippen LogP) is 1.93. The van der Waals surface area contributed by atoms with Gasteiger partial charge in [-0.15, -0.1) is 0 Å². The molecule has 0 aliphatic carbocycles. The lowest BCUT2D eigenvalue weighted by Gasteiger charge is -2.19. The molecule has 1 heterocycles. The minimum Gasteiger partial charge on any atom is -0.315 e. The summed E-state index contributed by atoms with van der Waals surface area (Å²) in [5.41, 5.74) is 4.31. The summed E-state index contributed by atoms with van der Waals surface area (Å²) in [5.74, 6) is 0. The van der Waals surface area contributed by atoms with Crippen molar-refractivity contribution in [1.82, 2.24) is 10.6 Å². The van der Waals surface area contributed by atoms with Crippen molar-refractivity contribution in [1.29, 1.82) is 0 Å². The van der Waals surface area contributed by atoms with Gasteiger partial charge in [0, 0.05) is 19.1 Å². The van der Waals surface area contributed by atoms with Crippen LogP contribution in [-0.4, -0.2) is 19.6 Å². The molecule has 15 heavy (non-hydrogen) atoms. The van der Waals surface area contributed by atoms with Gasteiger partial charge in [-0.2, -0.15) is 0 Å². The lowest BCUT2D eigenvalue weighted by molar-refractivity contribution is 0.546. The zero-order valence-corrected chi connectivity index (χ0v) is 9.64. The monoisotopic (exact) mass is 204 g/mol. The standard InChI is InChI=1S/C13H20N2/c1-10-4-3-5-12(11(10)2)13-6-7-14-8-9-15-13/h3-5,13-15H,6-9H2,1-2H3. The number of nitrogens with one attached hydrogen (secondary N) is 2. The van der Waals surface area contributed by atoms with Crippen molar-refractivity contribution in [2.24, 2.45) is 0 Å². The molecule has 1 aromatic carbocycles. The molecule has 1 aliphatic rings. The Hall–Kier alpha value is -0.860. The molecule has 0 bridgehead atoms. The van der Waals surface area contributed by atoms with E-state index in [-0.39, 0.29) is 0 Å². The third-order valence-corrected chi connectivity index (χ3v) is 3.32. The predicted molar refractivity (Wildman–Crippen MR) is 64.1 cm³/mol. The van der Waals surface area contributed by atoms with Gasteiger partial charge in [0.1, 0.15) is 0 Å². The van der Waals surface area contributed by atoms with E-state index in [0.29, 0.717) is 6.04 Å². The molecule has 82 valence electrons. The summed E-state index contributed by atoms with van der Waals surface area (Å²) in [6, 6.07) is 7.14. The molecule has 1 fully saturated rings. The Morgan fingerprint density at radius 1 is 1.13 bits per heavy atom. The van der Waals surface area contributed by atoms with Crippen LogP contribution in [0.5, 0.6) is 0 Å². The summed E-state index contributed by atoms with van der Waals surface area (Å²) < 4.78 is 0. The SMILES string of the molecule is Cc1cccc(C2CCNCCN2)c1C. The molecular weight excluding hydrogens is 184 g/mol. The number of hydrogen-bond donors (Lipinski definition) is 2. The van der Waals surface area contributed by atoms with Crippen LogP contribution in [0.4, 0.5) is 0 Å². The summed E-state index contributed by atoms with van der Waals surface area (Å²) in [6.07, 6.45) is 1.18. The first-order chi connectivity index (χ1) is 7.29. The van der Waals surface area contributed by atoms with Gasteiger partial charge in [0.2, 0.25) is 0 Å². The Labute approximate surface area is 92.1 Å². The Morgan fingerprint density at radius 2 is 2.00 bits per heavy atom. The van der Waals surface area contributed by atoms with E-state index in [0.717, 1.165) is 19.6 Å². The second-order valence-corrected chi connectivity index (χ2v) is 4.33. The van der Waals surface area contributed by atoms with Crippen LogP contribution in [0.2, 0.25) is 0 Å². The highest BCUT2D eigenvalue weighted by Crippen LogP contribution is 2.23. The molecule has 2 nitrogen and oxygen atoms in total. The maximum Gasteiger partial charge on any atom is 0.0335 e. The van der Waals surface area contributed by atoms with Gasteiger partial charge in [0.05, 0.1) is 0 Å². The summed E-state index contributed by atoms with van der Waals surface area (Å²) in [5, 5.41) is 7.02. The molecule has 1 saturated heterocycles. The molecule has 0 radical (unpaired) electrons. The molecule has 1 unspecified atom stereocenters. The Kier molecular flexibility index (Phi) is 3.39. The highest BCUT2D eigenvalue weighted by molar-refractivity contribution is 5.35. The molecule has 0 saturated carbocycles. The number of rotatable bonds is 1. The van der Waals surface area contributed by atoms with Gasteiger partial charge in [-0.1, -0.05) is 18.2 Å². The van der Waals surface area contributed by atoms with Crippen molar-refractivity contribution in [3.63, 3.8) is 0 Å². The Bertz CT molecular complexity index is 325. The van der Waals surface area contributed by atoms with Crippen LogP contribution >= 0.6 is 0 Å². The minimum atomic E-state index is 0.528.